The van der Waals surface area contributed by atoms with E-state index >= 15 is 0 Å². The molecule has 1 aliphatic rings. The Morgan fingerprint density at radius 2 is 2.17 bits per heavy atom. The molecule has 0 aliphatic carbocycles. The first-order chi connectivity index (χ1) is 10.8. The highest BCUT2D eigenvalue weighted by atomic mass is 79.9. The first-order valence-corrected chi connectivity index (χ1v) is 9.09. The molecule has 23 heavy (non-hydrogen) atoms. The number of ether oxygens (including phenoxy) is 1. The first-order valence-electron chi connectivity index (χ1n) is 8.30. The van der Waals surface area contributed by atoms with Gasteiger partial charge in [-0.25, -0.2) is 4.79 Å². The lowest BCUT2D eigenvalue weighted by molar-refractivity contribution is 0.00993. The maximum absolute atomic E-state index is 12.4. The Labute approximate surface area is 147 Å². The number of rotatable bonds is 4. The molecule has 128 valence electrons. The molecule has 1 N–H and O–H groups in total. The summed E-state index contributed by atoms with van der Waals surface area (Å²) in [6.07, 6.45) is 3.07. The van der Waals surface area contributed by atoms with Crippen molar-refractivity contribution >= 4 is 22.0 Å². The van der Waals surface area contributed by atoms with E-state index in [0.29, 0.717) is 0 Å². The summed E-state index contributed by atoms with van der Waals surface area (Å²) in [5.41, 5.74) is 0.794. The Morgan fingerprint density at radius 3 is 2.87 bits per heavy atom. The summed E-state index contributed by atoms with van der Waals surface area (Å²) in [4.78, 5) is 14.3. The number of nitrogens with zero attached hydrogens (tertiary/aromatic N) is 1. The fraction of sp³-hybridized carbons (Fsp3) is 0.611. The zero-order chi connectivity index (χ0) is 16.9. The summed E-state index contributed by atoms with van der Waals surface area (Å²) in [5, 5.41) is 3.48. The highest BCUT2D eigenvalue weighted by Gasteiger charge is 2.30. The molecule has 0 aromatic heterocycles. The Kier molecular flexibility index (Phi) is 6.48. The van der Waals surface area contributed by atoms with E-state index in [0.717, 1.165) is 36.9 Å². The number of amides is 1. The highest BCUT2D eigenvalue weighted by Crippen LogP contribution is 2.20. The van der Waals surface area contributed by atoms with Crippen LogP contribution in [0.5, 0.6) is 0 Å². The van der Waals surface area contributed by atoms with Crippen LogP contribution in [0.3, 0.4) is 0 Å². The van der Waals surface area contributed by atoms with Gasteiger partial charge in [0.25, 0.3) is 0 Å². The van der Waals surface area contributed by atoms with Crippen LogP contribution in [0.1, 0.15) is 45.6 Å². The van der Waals surface area contributed by atoms with Gasteiger partial charge in [-0.05, 0) is 57.7 Å². The van der Waals surface area contributed by atoms with Crippen molar-refractivity contribution in [3.8, 4) is 0 Å². The molecule has 1 aromatic rings. The molecule has 1 saturated heterocycles. The minimum atomic E-state index is -0.442. The number of nitrogens with one attached hydrogen (secondary N) is 1. The Morgan fingerprint density at radius 1 is 1.39 bits per heavy atom. The average Bonchev–Trinajstić information content (AvgIpc) is 2.46. The molecule has 1 fully saturated rings. The number of piperidine rings is 1. The van der Waals surface area contributed by atoms with E-state index in [4.69, 9.17) is 4.74 Å². The Bertz CT molecular complexity index is 528. The second kappa shape index (κ2) is 8.15. The molecular weight excluding hydrogens is 356 g/mol. The van der Waals surface area contributed by atoms with Gasteiger partial charge in [0.15, 0.2) is 0 Å². The van der Waals surface area contributed by atoms with E-state index in [1.54, 1.807) is 0 Å². The van der Waals surface area contributed by atoms with Gasteiger partial charge in [-0.15, -0.1) is 0 Å². The van der Waals surface area contributed by atoms with Gasteiger partial charge in [-0.1, -0.05) is 28.1 Å². The standard InChI is InChI=1S/C18H27BrN2O2/c1-18(2,3)23-17(22)21-10-5-4-9-16(21)13-20-12-14-7-6-8-15(19)11-14/h6-8,11,16,20H,4-5,9-10,12-13H2,1-3H3/t16-/m1/s1. The second-order valence-corrected chi connectivity index (χ2v) is 8.00. The highest BCUT2D eigenvalue weighted by molar-refractivity contribution is 9.10. The normalized spacial score (nSPS) is 18.8. The number of hydrogen-bond donors (Lipinski definition) is 1. The number of likely N-dealkylation sites (tertiary alicyclic amines) is 1. The van der Waals surface area contributed by atoms with Gasteiger partial charge in [0.2, 0.25) is 0 Å². The molecule has 1 atom stereocenters. The van der Waals surface area contributed by atoms with E-state index in [2.05, 4.69) is 33.4 Å². The molecule has 0 saturated carbocycles. The van der Waals surface area contributed by atoms with Crippen molar-refractivity contribution < 1.29 is 9.53 Å². The third-order valence-corrected chi connectivity index (χ3v) is 4.35. The molecule has 2 rings (SSSR count). The van der Waals surface area contributed by atoms with E-state index in [1.807, 2.05) is 37.8 Å². The van der Waals surface area contributed by atoms with Crippen molar-refractivity contribution in [2.24, 2.45) is 0 Å². The lowest BCUT2D eigenvalue weighted by Crippen LogP contribution is -2.50. The van der Waals surface area contributed by atoms with Gasteiger partial charge in [0.1, 0.15) is 5.60 Å². The fourth-order valence-electron chi connectivity index (χ4n) is 2.80. The summed E-state index contributed by atoms with van der Waals surface area (Å²) in [7, 11) is 0. The molecule has 5 heteroatoms. The lowest BCUT2D eigenvalue weighted by Gasteiger charge is -2.37. The first kappa shape index (κ1) is 18.3. The smallest absolute Gasteiger partial charge is 0.410 e. The third kappa shape index (κ3) is 6.15. The number of carbonyl (C=O) groups excluding carboxylic acids is 1. The van der Waals surface area contributed by atoms with Crippen LogP contribution in [-0.4, -0.2) is 35.7 Å². The quantitative estimate of drug-likeness (QED) is 0.842. The predicted molar refractivity (Wildman–Crippen MR) is 96.4 cm³/mol. The van der Waals surface area contributed by atoms with Crippen LogP contribution in [0.15, 0.2) is 28.7 Å². The van der Waals surface area contributed by atoms with Crippen molar-refractivity contribution in [3.63, 3.8) is 0 Å². The van der Waals surface area contributed by atoms with Crippen molar-refractivity contribution in [2.75, 3.05) is 13.1 Å². The van der Waals surface area contributed by atoms with E-state index < -0.39 is 5.60 Å². The lowest BCUT2D eigenvalue weighted by atomic mass is 10.0. The SMILES string of the molecule is CC(C)(C)OC(=O)N1CCCC[C@@H]1CNCc1cccc(Br)c1. The number of carbonyl (C=O) groups is 1. The van der Waals surface area contributed by atoms with E-state index in [-0.39, 0.29) is 12.1 Å². The van der Waals surface area contributed by atoms with Crippen molar-refractivity contribution in [1.82, 2.24) is 10.2 Å². The Balaban J connectivity index is 1.87. The van der Waals surface area contributed by atoms with Gasteiger partial charge in [-0.3, -0.25) is 0 Å². The maximum Gasteiger partial charge on any atom is 0.410 e. The molecule has 1 heterocycles. The van der Waals surface area contributed by atoms with Gasteiger partial charge in [0, 0.05) is 30.1 Å². The third-order valence-electron chi connectivity index (χ3n) is 3.85. The number of hydrogen-bond acceptors (Lipinski definition) is 3. The molecule has 0 bridgehead atoms. The average molecular weight is 383 g/mol. The van der Waals surface area contributed by atoms with Gasteiger partial charge in [-0.2, -0.15) is 0 Å². The van der Waals surface area contributed by atoms with Crippen LogP contribution in [-0.2, 0) is 11.3 Å². The van der Waals surface area contributed by atoms with Crippen LogP contribution in [0, 0.1) is 0 Å². The summed E-state index contributed by atoms with van der Waals surface area (Å²) < 4.78 is 6.63. The summed E-state index contributed by atoms with van der Waals surface area (Å²) in [6.45, 7) is 8.13. The monoisotopic (exact) mass is 382 g/mol. The molecular formula is C18H27BrN2O2. The molecule has 1 aromatic carbocycles. The molecule has 0 radical (unpaired) electrons. The zero-order valence-electron chi connectivity index (χ0n) is 14.3. The predicted octanol–water partition coefficient (Wildman–Crippen LogP) is 4.33. The topological polar surface area (TPSA) is 41.6 Å². The van der Waals surface area contributed by atoms with Gasteiger partial charge in [0.05, 0.1) is 0 Å². The van der Waals surface area contributed by atoms with Crippen molar-refractivity contribution in [3.05, 3.63) is 34.3 Å². The van der Waals surface area contributed by atoms with Gasteiger partial charge < -0.3 is 15.0 Å². The Hall–Kier alpha value is -1.07. The zero-order valence-corrected chi connectivity index (χ0v) is 15.9. The minimum Gasteiger partial charge on any atom is -0.444 e. The van der Waals surface area contributed by atoms with Crippen LogP contribution in [0.2, 0.25) is 0 Å². The van der Waals surface area contributed by atoms with Crippen LogP contribution in [0.4, 0.5) is 4.79 Å². The van der Waals surface area contributed by atoms with Crippen LogP contribution in [0.25, 0.3) is 0 Å². The molecule has 1 aliphatic heterocycles. The maximum atomic E-state index is 12.4. The molecule has 0 unspecified atom stereocenters. The largest absolute Gasteiger partial charge is 0.444 e. The second-order valence-electron chi connectivity index (χ2n) is 7.08. The van der Waals surface area contributed by atoms with Crippen LogP contribution < -0.4 is 5.32 Å². The van der Waals surface area contributed by atoms with Crippen LogP contribution >= 0.6 is 15.9 Å². The molecule has 1 amide bonds. The summed E-state index contributed by atoms with van der Waals surface area (Å²) in [5.74, 6) is 0. The minimum absolute atomic E-state index is 0.188. The van der Waals surface area contributed by atoms with Gasteiger partial charge >= 0.3 is 6.09 Å². The van der Waals surface area contributed by atoms with E-state index in [9.17, 15) is 4.79 Å². The summed E-state index contributed by atoms with van der Waals surface area (Å²) >= 11 is 3.49. The van der Waals surface area contributed by atoms with Crippen molar-refractivity contribution in [2.45, 2.75) is 58.2 Å². The number of benzene rings is 1. The van der Waals surface area contributed by atoms with E-state index in [1.165, 1.54) is 12.0 Å². The summed E-state index contributed by atoms with van der Waals surface area (Å²) in [6, 6.07) is 8.48. The fourth-order valence-corrected chi connectivity index (χ4v) is 3.25. The molecule has 0 spiro atoms. The number of halogens is 1. The molecule has 4 nitrogen and oxygen atoms in total. The van der Waals surface area contributed by atoms with Crippen molar-refractivity contribution in [1.29, 1.82) is 0 Å².